The van der Waals surface area contributed by atoms with E-state index in [0.29, 0.717) is 31.6 Å². The Morgan fingerprint density at radius 1 is 0.308 bits per heavy atom. The fourth-order valence-corrected chi connectivity index (χ4v) is 12.4. The zero-order valence-electron chi connectivity index (χ0n) is 59.5. The molecule has 0 fully saturated rings. The van der Waals surface area contributed by atoms with Gasteiger partial charge in [-0.3, -0.25) is 37.3 Å². The molecule has 0 aromatic rings. The number of esters is 4. The van der Waals surface area contributed by atoms with Gasteiger partial charge in [-0.2, -0.15) is 0 Å². The minimum Gasteiger partial charge on any atom is -0.462 e. The van der Waals surface area contributed by atoms with E-state index < -0.39 is 97.5 Å². The Balaban J connectivity index is 5.25. The molecule has 0 aliphatic carbocycles. The number of aliphatic hydroxyl groups is 1. The molecule has 0 spiro atoms. The second-order valence-electron chi connectivity index (χ2n) is 27.6. The second kappa shape index (κ2) is 61.6. The molecule has 4 unspecified atom stereocenters. The average molecular weight is 1340 g/mol. The smallest absolute Gasteiger partial charge is 0.462 e. The SMILES string of the molecule is CCC(C)CCCCCCCCCCCCC(=O)O[C@H](COC(=O)CCCCCCCCCCCCCCCC(C)C)COP(=O)(O)OCC(O)COP(=O)(O)OC[C@@H](COC(=O)CCCCCCCCCCC(C)C)OC(=O)CCCCCCCCCC(C)C. The van der Waals surface area contributed by atoms with Crippen molar-refractivity contribution < 1.29 is 80.2 Å². The average Bonchev–Trinajstić information content (AvgIpc) is 3.70. The third-order valence-corrected chi connectivity index (χ3v) is 18.8. The Morgan fingerprint density at radius 3 is 0.780 bits per heavy atom. The highest BCUT2D eigenvalue weighted by atomic mass is 31.2. The zero-order valence-corrected chi connectivity index (χ0v) is 61.3. The van der Waals surface area contributed by atoms with E-state index in [2.05, 4.69) is 55.4 Å². The van der Waals surface area contributed by atoms with E-state index >= 15 is 0 Å². The first kappa shape index (κ1) is 89.1. The number of unbranched alkanes of at least 4 members (excludes halogenated alkanes) is 34. The Kier molecular flexibility index (Phi) is 60.3. The zero-order chi connectivity index (χ0) is 67.5. The van der Waals surface area contributed by atoms with E-state index in [-0.39, 0.29) is 25.7 Å². The van der Waals surface area contributed by atoms with Crippen molar-refractivity contribution in [3.63, 3.8) is 0 Å². The van der Waals surface area contributed by atoms with E-state index in [0.717, 1.165) is 108 Å². The summed E-state index contributed by atoms with van der Waals surface area (Å²) in [5.41, 5.74) is 0. The number of ether oxygens (including phenoxy) is 4. The Morgan fingerprint density at radius 2 is 0.527 bits per heavy atom. The molecule has 0 bridgehead atoms. The van der Waals surface area contributed by atoms with E-state index in [1.54, 1.807) is 0 Å². The number of carbonyl (C=O) groups is 4. The molecule has 3 N–H and O–H groups in total. The van der Waals surface area contributed by atoms with Crippen molar-refractivity contribution in [3.8, 4) is 0 Å². The van der Waals surface area contributed by atoms with Crippen molar-refractivity contribution in [3.05, 3.63) is 0 Å². The van der Waals surface area contributed by atoms with Crippen LogP contribution in [-0.2, 0) is 65.4 Å². The number of aliphatic hydroxyl groups excluding tert-OH is 1. The van der Waals surface area contributed by atoms with Gasteiger partial charge in [0.2, 0.25) is 0 Å². The lowest BCUT2D eigenvalue weighted by Gasteiger charge is -2.21. The summed E-state index contributed by atoms with van der Waals surface area (Å²) in [6, 6.07) is 0. The van der Waals surface area contributed by atoms with Crippen LogP contribution in [-0.4, -0.2) is 96.7 Å². The molecule has 17 nitrogen and oxygen atoms in total. The molecule has 0 saturated heterocycles. The summed E-state index contributed by atoms with van der Waals surface area (Å²) in [5.74, 6) is 0.888. The van der Waals surface area contributed by atoms with Crippen LogP contribution in [0.25, 0.3) is 0 Å². The van der Waals surface area contributed by atoms with Crippen LogP contribution in [0.2, 0.25) is 0 Å². The molecule has 0 heterocycles. The third-order valence-electron chi connectivity index (χ3n) is 16.9. The van der Waals surface area contributed by atoms with Crippen LogP contribution in [0.15, 0.2) is 0 Å². The number of rotatable bonds is 69. The van der Waals surface area contributed by atoms with Gasteiger partial charge in [-0.15, -0.1) is 0 Å². The van der Waals surface area contributed by atoms with Gasteiger partial charge in [-0.25, -0.2) is 9.13 Å². The highest BCUT2D eigenvalue weighted by Crippen LogP contribution is 2.45. The Hall–Kier alpha value is -1.94. The normalized spacial score (nSPS) is 14.5. The molecule has 6 atom stereocenters. The fourth-order valence-electron chi connectivity index (χ4n) is 10.8. The molecule has 540 valence electrons. The standard InChI is InChI=1S/C72H140O17P2/c1-9-65(8)51-43-35-27-18-15-16-20-30-38-46-54-71(76)88-67(58-82-69(74)52-44-36-28-19-14-12-10-11-13-17-24-32-40-48-62(2)3)60-86-90(78,79)84-56-66(73)57-85-91(80,81)87-61-68(89-72(77)55-47-39-31-23-26-34-42-50-64(6)7)59-83-70(75)53-45-37-29-22-21-25-33-41-49-63(4)5/h62-68,73H,9-61H2,1-8H3,(H,78,79)(H,80,81)/t65?,66?,67-,68-/m1/s1. The van der Waals surface area contributed by atoms with Gasteiger partial charge in [0.1, 0.15) is 19.3 Å². The number of phosphoric ester groups is 2. The number of phosphoric acid groups is 2. The van der Waals surface area contributed by atoms with E-state index in [1.165, 1.54) is 161 Å². The lowest BCUT2D eigenvalue weighted by atomic mass is 9.99. The minimum atomic E-state index is -4.95. The lowest BCUT2D eigenvalue weighted by molar-refractivity contribution is -0.161. The molecule has 0 rings (SSSR count). The summed E-state index contributed by atoms with van der Waals surface area (Å²) in [6.07, 6.45) is 44.5. The second-order valence-corrected chi connectivity index (χ2v) is 30.6. The molecule has 0 aliphatic rings. The van der Waals surface area contributed by atoms with Gasteiger partial charge in [0.15, 0.2) is 12.2 Å². The van der Waals surface area contributed by atoms with Crippen LogP contribution in [0.3, 0.4) is 0 Å². The van der Waals surface area contributed by atoms with Crippen molar-refractivity contribution in [2.24, 2.45) is 23.7 Å². The molecule has 0 radical (unpaired) electrons. The van der Waals surface area contributed by atoms with Crippen LogP contribution in [0.5, 0.6) is 0 Å². The number of hydrogen-bond donors (Lipinski definition) is 3. The number of hydrogen-bond acceptors (Lipinski definition) is 15. The van der Waals surface area contributed by atoms with Crippen LogP contribution in [0.1, 0.15) is 357 Å². The summed E-state index contributed by atoms with van der Waals surface area (Å²) >= 11 is 0. The van der Waals surface area contributed by atoms with Crippen LogP contribution >= 0.6 is 15.6 Å². The maximum Gasteiger partial charge on any atom is 0.472 e. The Bertz CT molecular complexity index is 1800. The molecular formula is C72H140O17P2. The molecular weight excluding hydrogens is 1200 g/mol. The van der Waals surface area contributed by atoms with E-state index in [1.807, 2.05) is 0 Å². The summed E-state index contributed by atoms with van der Waals surface area (Å²) in [5, 5.41) is 10.6. The quantitative estimate of drug-likeness (QED) is 0.0222. The highest BCUT2D eigenvalue weighted by molar-refractivity contribution is 7.47. The van der Waals surface area contributed by atoms with Crippen molar-refractivity contribution in [1.29, 1.82) is 0 Å². The third kappa shape index (κ3) is 65.1. The topological polar surface area (TPSA) is 237 Å². The maximum absolute atomic E-state index is 13.0. The number of carbonyl (C=O) groups excluding carboxylic acids is 4. The molecule has 0 aromatic heterocycles. The predicted octanol–water partition coefficient (Wildman–Crippen LogP) is 20.5. The van der Waals surface area contributed by atoms with Gasteiger partial charge in [-0.05, 0) is 49.4 Å². The van der Waals surface area contributed by atoms with Crippen molar-refractivity contribution in [1.82, 2.24) is 0 Å². The van der Waals surface area contributed by atoms with Gasteiger partial charge in [-0.1, -0.05) is 306 Å². The van der Waals surface area contributed by atoms with E-state index in [4.69, 9.17) is 37.0 Å². The summed E-state index contributed by atoms with van der Waals surface area (Å²) in [4.78, 5) is 72.6. The summed E-state index contributed by atoms with van der Waals surface area (Å²) in [6.45, 7) is 14.1. The van der Waals surface area contributed by atoms with Crippen molar-refractivity contribution in [2.75, 3.05) is 39.6 Å². The predicted molar refractivity (Wildman–Crippen MR) is 367 cm³/mol. The minimum absolute atomic E-state index is 0.102. The highest BCUT2D eigenvalue weighted by Gasteiger charge is 2.30. The molecule has 0 amide bonds. The lowest BCUT2D eigenvalue weighted by Crippen LogP contribution is -2.30. The van der Waals surface area contributed by atoms with Crippen LogP contribution < -0.4 is 0 Å². The summed E-state index contributed by atoms with van der Waals surface area (Å²) in [7, 11) is -9.91. The first-order valence-corrected chi connectivity index (χ1v) is 40.2. The molecule has 19 heteroatoms. The monoisotopic (exact) mass is 1340 g/mol. The van der Waals surface area contributed by atoms with Gasteiger partial charge in [0.05, 0.1) is 26.4 Å². The first-order chi connectivity index (χ1) is 43.6. The maximum atomic E-state index is 13.0. The van der Waals surface area contributed by atoms with Gasteiger partial charge in [0, 0.05) is 25.7 Å². The van der Waals surface area contributed by atoms with Gasteiger partial charge < -0.3 is 33.8 Å². The van der Waals surface area contributed by atoms with Crippen molar-refractivity contribution >= 4 is 39.5 Å². The molecule has 91 heavy (non-hydrogen) atoms. The van der Waals surface area contributed by atoms with Gasteiger partial charge in [0.25, 0.3) is 0 Å². The first-order valence-electron chi connectivity index (χ1n) is 37.2. The van der Waals surface area contributed by atoms with E-state index in [9.17, 15) is 43.2 Å². The largest absolute Gasteiger partial charge is 0.472 e. The summed E-state index contributed by atoms with van der Waals surface area (Å²) < 4.78 is 68.3. The fraction of sp³-hybridized carbons (Fsp3) is 0.944. The van der Waals surface area contributed by atoms with Gasteiger partial charge >= 0.3 is 39.5 Å². The molecule has 0 aliphatic heterocycles. The van der Waals surface area contributed by atoms with Crippen LogP contribution in [0.4, 0.5) is 0 Å². The molecule has 0 saturated carbocycles. The molecule has 0 aromatic carbocycles. The Labute approximate surface area is 556 Å². The van der Waals surface area contributed by atoms with Crippen LogP contribution in [0, 0.1) is 23.7 Å². The van der Waals surface area contributed by atoms with Crippen molar-refractivity contribution in [2.45, 2.75) is 375 Å².